The first-order chi connectivity index (χ1) is 8.89. The van der Waals surface area contributed by atoms with Crippen molar-refractivity contribution < 1.29 is 0 Å². The van der Waals surface area contributed by atoms with Gasteiger partial charge in [0.25, 0.3) is 0 Å². The van der Waals surface area contributed by atoms with Crippen LogP contribution in [0, 0.1) is 0 Å². The third kappa shape index (κ3) is 3.22. The quantitative estimate of drug-likeness (QED) is 0.802. The fourth-order valence-corrected chi connectivity index (χ4v) is 2.87. The predicted molar refractivity (Wildman–Crippen MR) is 90.3 cm³/mol. The maximum atomic E-state index is 4.48. The van der Waals surface area contributed by atoms with Crippen LogP contribution in [-0.2, 0) is 5.41 Å². The normalized spacial score (nSPS) is 20.3. The van der Waals surface area contributed by atoms with E-state index in [0.717, 1.165) is 32.0 Å². The smallest absolute Gasteiger partial charge is 0.191 e. The van der Waals surface area contributed by atoms with Gasteiger partial charge in [-0.1, -0.05) is 36.8 Å². The van der Waals surface area contributed by atoms with Crippen molar-refractivity contribution in [2.75, 3.05) is 19.6 Å². The van der Waals surface area contributed by atoms with Gasteiger partial charge in [0.1, 0.15) is 0 Å². The maximum Gasteiger partial charge on any atom is 0.191 e. The Morgan fingerprint density at radius 1 is 1.16 bits per heavy atom. The number of nitrogens with one attached hydrogen (secondary N) is 2. The van der Waals surface area contributed by atoms with Crippen LogP contribution in [0.15, 0.2) is 35.3 Å². The van der Waals surface area contributed by atoms with E-state index < -0.39 is 0 Å². The molecule has 2 aliphatic rings. The van der Waals surface area contributed by atoms with Crippen LogP contribution < -0.4 is 10.6 Å². The molecular formula is C15H22IN3. The van der Waals surface area contributed by atoms with E-state index in [4.69, 9.17) is 0 Å². The molecule has 1 aromatic rings. The number of aliphatic imine (C=N–C) groups is 1. The summed E-state index contributed by atoms with van der Waals surface area (Å²) in [6, 6.07) is 10.9. The largest absolute Gasteiger partial charge is 0.356 e. The van der Waals surface area contributed by atoms with Gasteiger partial charge in [-0.05, 0) is 24.8 Å². The fraction of sp³-hybridized carbons (Fsp3) is 0.533. The Hall–Kier alpha value is -0.780. The number of guanidine groups is 1. The van der Waals surface area contributed by atoms with Crippen LogP contribution in [0.25, 0.3) is 0 Å². The monoisotopic (exact) mass is 371 g/mol. The van der Waals surface area contributed by atoms with Gasteiger partial charge in [-0.15, -0.1) is 24.0 Å². The molecule has 0 bridgehead atoms. The van der Waals surface area contributed by atoms with Crippen LogP contribution in [0.2, 0.25) is 0 Å². The Morgan fingerprint density at radius 2 is 1.95 bits per heavy atom. The zero-order valence-electron chi connectivity index (χ0n) is 11.2. The summed E-state index contributed by atoms with van der Waals surface area (Å²) >= 11 is 0. The highest BCUT2D eigenvalue weighted by molar-refractivity contribution is 14.0. The molecule has 3 nitrogen and oxygen atoms in total. The minimum Gasteiger partial charge on any atom is -0.356 e. The van der Waals surface area contributed by atoms with Crippen molar-refractivity contribution in [1.29, 1.82) is 0 Å². The minimum atomic E-state index is 0. The van der Waals surface area contributed by atoms with E-state index in [2.05, 4.69) is 46.0 Å². The van der Waals surface area contributed by atoms with Crippen LogP contribution in [0.5, 0.6) is 0 Å². The molecule has 1 aliphatic carbocycles. The molecule has 0 atom stereocenters. The van der Waals surface area contributed by atoms with Gasteiger partial charge >= 0.3 is 0 Å². The van der Waals surface area contributed by atoms with Crippen molar-refractivity contribution in [2.45, 2.75) is 31.1 Å². The molecule has 0 saturated heterocycles. The second kappa shape index (κ2) is 6.59. The summed E-state index contributed by atoms with van der Waals surface area (Å²) in [6.07, 6.45) is 5.07. The molecule has 19 heavy (non-hydrogen) atoms. The molecule has 1 aliphatic heterocycles. The van der Waals surface area contributed by atoms with Crippen molar-refractivity contribution in [2.24, 2.45) is 4.99 Å². The van der Waals surface area contributed by atoms with Gasteiger partial charge in [0.15, 0.2) is 5.96 Å². The van der Waals surface area contributed by atoms with Crippen LogP contribution >= 0.6 is 24.0 Å². The summed E-state index contributed by atoms with van der Waals surface area (Å²) in [7, 11) is 0. The second-order valence-corrected chi connectivity index (χ2v) is 5.36. The van der Waals surface area contributed by atoms with Crippen molar-refractivity contribution in [3.63, 3.8) is 0 Å². The fourth-order valence-electron chi connectivity index (χ4n) is 2.87. The number of benzene rings is 1. The van der Waals surface area contributed by atoms with Crippen molar-refractivity contribution in [3.05, 3.63) is 35.9 Å². The summed E-state index contributed by atoms with van der Waals surface area (Å²) in [5.41, 5.74) is 1.81. The Morgan fingerprint density at radius 3 is 2.53 bits per heavy atom. The van der Waals surface area contributed by atoms with Crippen molar-refractivity contribution >= 4 is 29.9 Å². The Kier molecular flexibility index (Phi) is 5.07. The van der Waals surface area contributed by atoms with Gasteiger partial charge in [0, 0.05) is 25.0 Å². The lowest BCUT2D eigenvalue weighted by Gasteiger charge is -2.43. The van der Waals surface area contributed by atoms with E-state index in [-0.39, 0.29) is 24.0 Å². The zero-order chi connectivity index (χ0) is 12.3. The third-order valence-corrected chi connectivity index (χ3v) is 4.19. The predicted octanol–water partition coefficient (Wildman–Crippen LogP) is 2.67. The topological polar surface area (TPSA) is 36.4 Å². The van der Waals surface area contributed by atoms with E-state index in [1.54, 1.807) is 0 Å². The van der Waals surface area contributed by atoms with Crippen LogP contribution in [0.1, 0.15) is 31.2 Å². The number of nitrogens with zero attached hydrogens (tertiary/aromatic N) is 1. The first-order valence-corrected chi connectivity index (χ1v) is 6.97. The molecule has 2 N–H and O–H groups in total. The average molecular weight is 371 g/mol. The van der Waals surface area contributed by atoms with Gasteiger partial charge in [0.05, 0.1) is 0 Å². The van der Waals surface area contributed by atoms with E-state index in [9.17, 15) is 0 Å². The summed E-state index contributed by atoms with van der Waals surface area (Å²) in [5.74, 6) is 0.989. The van der Waals surface area contributed by atoms with E-state index in [1.807, 2.05) is 0 Å². The summed E-state index contributed by atoms with van der Waals surface area (Å²) in [4.78, 5) is 4.48. The molecule has 0 amide bonds. The molecule has 104 valence electrons. The van der Waals surface area contributed by atoms with Crippen molar-refractivity contribution in [3.8, 4) is 0 Å². The van der Waals surface area contributed by atoms with Gasteiger partial charge in [-0.25, -0.2) is 0 Å². The van der Waals surface area contributed by atoms with Crippen molar-refractivity contribution in [1.82, 2.24) is 10.6 Å². The van der Waals surface area contributed by atoms with Crippen LogP contribution in [-0.4, -0.2) is 25.6 Å². The highest BCUT2D eigenvalue weighted by atomic mass is 127. The standard InChI is InChI=1S/C15H21N3.HI/c1-2-6-13(7-3-1)15(8-4-9-15)12-18-14-16-10-5-11-17-14;/h1-3,6-7H,4-5,8-12H2,(H2,16,17,18);1H. The summed E-state index contributed by atoms with van der Waals surface area (Å²) in [5, 5.41) is 6.83. The lowest BCUT2D eigenvalue weighted by Crippen LogP contribution is -2.50. The summed E-state index contributed by atoms with van der Waals surface area (Å²) < 4.78 is 0. The second-order valence-electron chi connectivity index (χ2n) is 5.36. The van der Waals surface area contributed by atoms with E-state index >= 15 is 0 Å². The van der Waals surface area contributed by atoms with Gasteiger partial charge < -0.3 is 10.6 Å². The Bertz CT molecular complexity index is 426. The molecule has 0 radical (unpaired) electrons. The summed E-state index contributed by atoms with van der Waals surface area (Å²) in [6.45, 7) is 3.00. The minimum absolute atomic E-state index is 0. The molecule has 0 aromatic heterocycles. The molecule has 4 heteroatoms. The first-order valence-electron chi connectivity index (χ1n) is 6.97. The molecule has 1 saturated carbocycles. The Balaban J connectivity index is 0.00000133. The van der Waals surface area contributed by atoms with Gasteiger partial charge in [-0.2, -0.15) is 0 Å². The highest BCUT2D eigenvalue weighted by Gasteiger charge is 2.38. The zero-order valence-corrected chi connectivity index (χ0v) is 13.5. The van der Waals surface area contributed by atoms with E-state index in [0.29, 0.717) is 5.41 Å². The third-order valence-electron chi connectivity index (χ3n) is 4.19. The lowest BCUT2D eigenvalue weighted by molar-refractivity contribution is 0.243. The van der Waals surface area contributed by atoms with E-state index in [1.165, 1.54) is 24.8 Å². The number of rotatable bonds is 3. The molecule has 0 spiro atoms. The van der Waals surface area contributed by atoms with Gasteiger partial charge in [-0.3, -0.25) is 4.99 Å². The number of halogens is 1. The van der Waals surface area contributed by atoms with Gasteiger partial charge in [0.2, 0.25) is 0 Å². The SMILES string of the molecule is I.c1ccc(C2(CNC3=NCCCN3)CCC2)cc1. The number of hydrogen-bond acceptors (Lipinski definition) is 3. The molecule has 1 aromatic carbocycles. The average Bonchev–Trinajstić information content (AvgIpc) is 2.40. The molecule has 0 unspecified atom stereocenters. The maximum absolute atomic E-state index is 4.48. The highest BCUT2D eigenvalue weighted by Crippen LogP contribution is 2.43. The molecular weight excluding hydrogens is 349 g/mol. The number of hydrogen-bond donors (Lipinski definition) is 2. The molecule has 1 heterocycles. The van der Waals surface area contributed by atoms with Crippen LogP contribution in [0.3, 0.4) is 0 Å². The first kappa shape index (κ1) is 14.6. The Labute approximate surface area is 132 Å². The lowest BCUT2D eigenvalue weighted by atomic mass is 9.64. The van der Waals surface area contributed by atoms with Crippen LogP contribution in [0.4, 0.5) is 0 Å². The molecule has 3 rings (SSSR count). The molecule has 1 fully saturated rings.